The third-order valence-corrected chi connectivity index (χ3v) is 12.9. The first kappa shape index (κ1) is 56.8. The minimum atomic E-state index is -0.495. The Balaban J connectivity index is 2.54. The Morgan fingerprint density at radius 1 is 0.483 bits per heavy atom. The van der Waals surface area contributed by atoms with Crippen LogP contribution in [0.15, 0.2) is 0 Å². The van der Waals surface area contributed by atoms with Crippen molar-refractivity contribution in [2.24, 2.45) is 11.8 Å². The summed E-state index contributed by atoms with van der Waals surface area (Å²) in [6, 6.07) is 0. The maximum atomic E-state index is 13.1. The van der Waals surface area contributed by atoms with E-state index in [0.29, 0.717) is 39.1 Å². The monoisotopic (exact) mass is 852 g/mol. The lowest BCUT2D eigenvalue weighted by Crippen LogP contribution is -2.48. The quantitative estimate of drug-likeness (QED) is 0.0458. The van der Waals surface area contributed by atoms with E-state index in [2.05, 4.69) is 49.4 Å². The predicted molar refractivity (Wildman–Crippen MR) is 252 cm³/mol. The third-order valence-electron chi connectivity index (χ3n) is 12.9. The van der Waals surface area contributed by atoms with Crippen LogP contribution >= 0.6 is 0 Å². The van der Waals surface area contributed by atoms with Crippen molar-refractivity contribution in [1.82, 2.24) is 14.7 Å². The van der Waals surface area contributed by atoms with E-state index in [-0.39, 0.29) is 23.8 Å². The molecule has 0 aliphatic carbocycles. The Labute approximate surface area is 371 Å². The highest BCUT2D eigenvalue weighted by molar-refractivity contribution is 5.72. The standard InChI is InChI=1S/C51H101N3O6/c1-6-10-14-18-20-24-32-46(30-22-16-12-8-3)50(57)59-42-28-26-34-48(55)44-54(41-40-53-38-36-52(5)37-39-53)45-49(56)35-27-29-43-60-51(58)47(31-23-17-13-9-4)33-25-21-19-15-11-7-2/h46-49,55-56H,6-45H2,1-5H3. The summed E-state index contributed by atoms with van der Waals surface area (Å²) < 4.78 is 11.6. The van der Waals surface area contributed by atoms with Crippen LogP contribution in [0.4, 0.5) is 0 Å². The van der Waals surface area contributed by atoms with Crippen LogP contribution in [0.3, 0.4) is 0 Å². The van der Waals surface area contributed by atoms with E-state index in [4.69, 9.17) is 9.47 Å². The smallest absolute Gasteiger partial charge is 0.308 e. The number of esters is 2. The number of rotatable bonds is 43. The number of ether oxygens (including phenoxy) is 2. The number of aliphatic hydroxyl groups excluding tert-OH is 2. The van der Waals surface area contributed by atoms with Gasteiger partial charge in [-0.05, 0) is 71.3 Å². The molecule has 1 aliphatic heterocycles. The minimum Gasteiger partial charge on any atom is -0.465 e. The van der Waals surface area contributed by atoms with E-state index < -0.39 is 12.2 Å². The van der Waals surface area contributed by atoms with Crippen LogP contribution in [0.25, 0.3) is 0 Å². The van der Waals surface area contributed by atoms with E-state index in [1.165, 1.54) is 103 Å². The second-order valence-corrected chi connectivity index (χ2v) is 18.7. The van der Waals surface area contributed by atoms with Gasteiger partial charge in [0.25, 0.3) is 0 Å². The fourth-order valence-electron chi connectivity index (χ4n) is 8.67. The van der Waals surface area contributed by atoms with Crippen molar-refractivity contribution in [1.29, 1.82) is 0 Å². The van der Waals surface area contributed by atoms with Crippen LogP contribution < -0.4 is 0 Å². The van der Waals surface area contributed by atoms with Crippen LogP contribution in [0, 0.1) is 11.8 Å². The third kappa shape index (κ3) is 32.4. The fraction of sp³-hybridized carbons (Fsp3) is 0.961. The van der Waals surface area contributed by atoms with Crippen molar-refractivity contribution in [2.75, 3.05) is 72.6 Å². The van der Waals surface area contributed by atoms with Gasteiger partial charge in [-0.3, -0.25) is 19.4 Å². The van der Waals surface area contributed by atoms with E-state index in [1.54, 1.807) is 0 Å². The van der Waals surface area contributed by atoms with Gasteiger partial charge in [0.15, 0.2) is 0 Å². The minimum absolute atomic E-state index is 0.0195. The van der Waals surface area contributed by atoms with Crippen LogP contribution in [-0.4, -0.2) is 122 Å². The summed E-state index contributed by atoms with van der Waals surface area (Å²) in [4.78, 5) is 33.3. The van der Waals surface area contributed by atoms with Crippen LogP contribution in [-0.2, 0) is 19.1 Å². The van der Waals surface area contributed by atoms with Gasteiger partial charge in [-0.15, -0.1) is 0 Å². The number of unbranched alkanes of at least 4 members (excludes halogenated alkanes) is 18. The zero-order valence-corrected chi connectivity index (χ0v) is 40.5. The second-order valence-electron chi connectivity index (χ2n) is 18.7. The average Bonchev–Trinajstić information content (AvgIpc) is 3.24. The Kier molecular flexibility index (Phi) is 38.3. The van der Waals surface area contributed by atoms with Gasteiger partial charge in [-0.1, -0.05) is 156 Å². The van der Waals surface area contributed by atoms with Gasteiger partial charge in [-0.25, -0.2) is 0 Å². The lowest BCUT2D eigenvalue weighted by molar-refractivity contribution is -0.150. The molecule has 0 aromatic heterocycles. The number of piperazine rings is 1. The van der Waals surface area contributed by atoms with Gasteiger partial charge < -0.3 is 24.6 Å². The summed E-state index contributed by atoms with van der Waals surface area (Å²) in [6.45, 7) is 16.8. The molecule has 0 bridgehead atoms. The highest BCUT2D eigenvalue weighted by atomic mass is 16.5. The summed E-state index contributed by atoms with van der Waals surface area (Å²) in [5.74, 6) is -0.00104. The van der Waals surface area contributed by atoms with Gasteiger partial charge >= 0.3 is 11.9 Å². The Bertz CT molecular complexity index is 901. The number of hydrogen-bond donors (Lipinski definition) is 2. The molecule has 4 unspecified atom stereocenters. The molecule has 0 saturated carbocycles. The molecule has 2 N–H and O–H groups in total. The number of aliphatic hydroxyl groups is 2. The number of carbonyl (C=O) groups excluding carboxylic acids is 2. The molecule has 1 aliphatic rings. The molecular weight excluding hydrogens is 751 g/mol. The first-order chi connectivity index (χ1) is 29.2. The van der Waals surface area contributed by atoms with Crippen molar-refractivity contribution < 1.29 is 29.3 Å². The van der Waals surface area contributed by atoms with E-state index in [1.807, 2.05) is 0 Å². The zero-order valence-electron chi connectivity index (χ0n) is 40.5. The van der Waals surface area contributed by atoms with Gasteiger partial charge in [0.1, 0.15) is 0 Å². The summed E-state index contributed by atoms with van der Waals surface area (Å²) in [5.41, 5.74) is 0. The van der Waals surface area contributed by atoms with Crippen molar-refractivity contribution in [3.05, 3.63) is 0 Å². The molecule has 4 atom stereocenters. The molecule has 60 heavy (non-hydrogen) atoms. The Morgan fingerprint density at radius 3 is 1.20 bits per heavy atom. The topological polar surface area (TPSA) is 103 Å². The highest BCUT2D eigenvalue weighted by Gasteiger charge is 2.22. The molecule has 1 saturated heterocycles. The molecule has 1 fully saturated rings. The SMILES string of the molecule is CCCCCCCCC(CCCCCC)C(=O)OCCCCC(O)CN(CCN1CCN(C)CC1)CC(O)CCCCOC(=O)C(CCCCCC)CCCCCCCC. The highest BCUT2D eigenvalue weighted by Crippen LogP contribution is 2.22. The maximum absolute atomic E-state index is 13.1. The first-order valence-electron chi connectivity index (χ1n) is 26.1. The second kappa shape index (κ2) is 40.5. The van der Waals surface area contributed by atoms with Gasteiger partial charge in [0.2, 0.25) is 0 Å². The lowest BCUT2D eigenvalue weighted by atomic mass is 9.94. The van der Waals surface area contributed by atoms with Crippen LogP contribution in [0.5, 0.6) is 0 Å². The van der Waals surface area contributed by atoms with Crippen molar-refractivity contribution in [3.8, 4) is 0 Å². The summed E-state index contributed by atoms with van der Waals surface area (Å²) in [7, 11) is 2.17. The number of likely N-dealkylation sites (N-methyl/N-ethyl adjacent to an activating group) is 1. The molecule has 9 nitrogen and oxygen atoms in total. The van der Waals surface area contributed by atoms with Gasteiger partial charge in [0.05, 0.1) is 37.3 Å². The molecule has 0 amide bonds. The molecule has 356 valence electrons. The predicted octanol–water partition coefficient (Wildman–Crippen LogP) is 11.4. The van der Waals surface area contributed by atoms with Gasteiger partial charge in [-0.2, -0.15) is 0 Å². The number of carbonyl (C=O) groups is 2. The summed E-state index contributed by atoms with van der Waals surface area (Å²) >= 11 is 0. The maximum Gasteiger partial charge on any atom is 0.308 e. The summed E-state index contributed by atoms with van der Waals surface area (Å²) in [6.07, 6.45) is 31.5. The van der Waals surface area contributed by atoms with Crippen molar-refractivity contribution in [2.45, 2.75) is 233 Å². The molecule has 0 spiro atoms. The van der Waals surface area contributed by atoms with Crippen LogP contribution in [0.2, 0.25) is 0 Å². The van der Waals surface area contributed by atoms with E-state index in [0.717, 1.165) is 116 Å². The molecule has 9 heteroatoms. The van der Waals surface area contributed by atoms with Gasteiger partial charge in [0, 0.05) is 52.4 Å². The molecule has 1 rings (SSSR count). The zero-order chi connectivity index (χ0) is 43.9. The molecule has 0 radical (unpaired) electrons. The molecule has 0 aromatic rings. The fourth-order valence-corrected chi connectivity index (χ4v) is 8.67. The largest absolute Gasteiger partial charge is 0.465 e. The summed E-state index contributed by atoms with van der Waals surface area (Å²) in [5, 5.41) is 22.3. The van der Waals surface area contributed by atoms with Crippen LogP contribution in [0.1, 0.15) is 220 Å². The molecule has 1 heterocycles. The Morgan fingerprint density at radius 2 is 0.817 bits per heavy atom. The molecular formula is C51H101N3O6. The van der Waals surface area contributed by atoms with E-state index in [9.17, 15) is 19.8 Å². The van der Waals surface area contributed by atoms with Crippen molar-refractivity contribution in [3.63, 3.8) is 0 Å². The first-order valence-corrected chi connectivity index (χ1v) is 26.1. The normalized spacial score (nSPS) is 15.9. The molecule has 0 aromatic carbocycles. The number of nitrogens with zero attached hydrogens (tertiary/aromatic N) is 3. The number of hydrogen-bond acceptors (Lipinski definition) is 9. The Hall–Kier alpha value is -1.26. The van der Waals surface area contributed by atoms with Crippen molar-refractivity contribution >= 4 is 11.9 Å². The average molecular weight is 852 g/mol. The van der Waals surface area contributed by atoms with E-state index >= 15 is 0 Å². The lowest BCUT2D eigenvalue weighted by Gasteiger charge is -2.35.